The number of aryl methyl sites for hydroxylation is 1. The molecule has 0 spiro atoms. The fourth-order valence-corrected chi connectivity index (χ4v) is 4.90. The van der Waals surface area contributed by atoms with Crippen molar-refractivity contribution in [1.82, 2.24) is 9.78 Å². The summed E-state index contributed by atoms with van der Waals surface area (Å²) in [6.07, 6.45) is 9.09. The SMILES string of the molecule is O=C(O)CC1CCCCC1c1c2c(nn1-c1ccc(Cl)cc1)CCCC2. The summed E-state index contributed by atoms with van der Waals surface area (Å²) in [6.45, 7) is 0. The molecule has 26 heavy (non-hydrogen) atoms. The molecule has 2 unspecified atom stereocenters. The highest BCUT2D eigenvalue weighted by molar-refractivity contribution is 6.30. The minimum Gasteiger partial charge on any atom is -0.481 e. The van der Waals surface area contributed by atoms with Crippen molar-refractivity contribution in [3.63, 3.8) is 0 Å². The number of hydrogen-bond donors (Lipinski definition) is 1. The Morgan fingerprint density at radius 3 is 2.62 bits per heavy atom. The van der Waals surface area contributed by atoms with Crippen LogP contribution in [0.3, 0.4) is 0 Å². The van der Waals surface area contributed by atoms with E-state index in [9.17, 15) is 9.90 Å². The van der Waals surface area contributed by atoms with Crippen molar-refractivity contribution < 1.29 is 9.90 Å². The van der Waals surface area contributed by atoms with E-state index in [1.165, 1.54) is 36.2 Å². The zero-order valence-corrected chi connectivity index (χ0v) is 15.7. The molecule has 1 aromatic carbocycles. The van der Waals surface area contributed by atoms with Gasteiger partial charge in [0.1, 0.15) is 0 Å². The molecule has 1 saturated carbocycles. The first-order valence-electron chi connectivity index (χ1n) is 9.72. The van der Waals surface area contributed by atoms with E-state index in [4.69, 9.17) is 16.7 Å². The fourth-order valence-electron chi connectivity index (χ4n) is 4.77. The van der Waals surface area contributed by atoms with Crippen LogP contribution in [-0.4, -0.2) is 20.9 Å². The summed E-state index contributed by atoms with van der Waals surface area (Å²) >= 11 is 6.07. The lowest BCUT2D eigenvalue weighted by molar-refractivity contribution is -0.138. The van der Waals surface area contributed by atoms with Crippen molar-refractivity contribution in [1.29, 1.82) is 0 Å². The standard InChI is InChI=1S/C21H25ClN2O2/c22-15-9-11-16(12-10-15)24-21(18-7-3-4-8-19(18)23-24)17-6-2-1-5-14(17)13-20(25)26/h9-12,14,17H,1-8,13H2,(H,25,26). The highest BCUT2D eigenvalue weighted by atomic mass is 35.5. The molecular formula is C21H25ClN2O2. The molecule has 0 saturated heterocycles. The number of hydrogen-bond acceptors (Lipinski definition) is 2. The largest absolute Gasteiger partial charge is 0.481 e. The Balaban J connectivity index is 1.81. The van der Waals surface area contributed by atoms with E-state index in [1.807, 2.05) is 24.3 Å². The van der Waals surface area contributed by atoms with Gasteiger partial charge in [-0.15, -0.1) is 0 Å². The fraction of sp³-hybridized carbons (Fsp3) is 0.524. The van der Waals surface area contributed by atoms with E-state index in [0.29, 0.717) is 5.02 Å². The Morgan fingerprint density at radius 1 is 1.12 bits per heavy atom. The maximum absolute atomic E-state index is 11.4. The molecule has 4 rings (SSSR count). The van der Waals surface area contributed by atoms with Crippen LogP contribution in [0, 0.1) is 5.92 Å². The number of nitrogens with zero attached hydrogens (tertiary/aromatic N) is 2. The second-order valence-corrected chi connectivity index (χ2v) is 8.09. The van der Waals surface area contributed by atoms with Gasteiger partial charge in [0.25, 0.3) is 0 Å². The van der Waals surface area contributed by atoms with Gasteiger partial charge in [0.05, 0.1) is 17.1 Å². The molecule has 0 radical (unpaired) electrons. The van der Waals surface area contributed by atoms with Crippen molar-refractivity contribution in [3.8, 4) is 5.69 Å². The zero-order chi connectivity index (χ0) is 18.1. The van der Waals surface area contributed by atoms with Crippen molar-refractivity contribution in [2.75, 3.05) is 0 Å². The molecule has 2 atom stereocenters. The molecule has 2 aliphatic carbocycles. The number of carboxylic acid groups (broad SMARTS) is 1. The van der Waals surface area contributed by atoms with Crippen molar-refractivity contribution in [2.24, 2.45) is 5.92 Å². The van der Waals surface area contributed by atoms with E-state index in [-0.39, 0.29) is 18.3 Å². The van der Waals surface area contributed by atoms with Crippen LogP contribution in [0.15, 0.2) is 24.3 Å². The molecule has 2 aliphatic rings. The normalized spacial score (nSPS) is 22.8. The maximum Gasteiger partial charge on any atom is 0.303 e. The molecular weight excluding hydrogens is 348 g/mol. The number of rotatable bonds is 4. The van der Waals surface area contributed by atoms with E-state index < -0.39 is 5.97 Å². The topological polar surface area (TPSA) is 55.1 Å². The number of carbonyl (C=O) groups is 1. The molecule has 1 heterocycles. The Hall–Kier alpha value is -1.81. The van der Waals surface area contributed by atoms with Gasteiger partial charge in [-0.05, 0) is 74.3 Å². The maximum atomic E-state index is 11.4. The van der Waals surface area contributed by atoms with Crippen LogP contribution in [-0.2, 0) is 17.6 Å². The van der Waals surface area contributed by atoms with Crippen molar-refractivity contribution in [3.05, 3.63) is 46.2 Å². The summed E-state index contributed by atoms with van der Waals surface area (Å²) < 4.78 is 2.09. The Morgan fingerprint density at radius 2 is 1.85 bits per heavy atom. The van der Waals surface area contributed by atoms with Gasteiger partial charge in [0.15, 0.2) is 0 Å². The predicted octanol–water partition coefficient (Wildman–Crippen LogP) is 5.15. The lowest BCUT2D eigenvalue weighted by atomic mass is 9.74. The molecule has 2 aromatic rings. The van der Waals surface area contributed by atoms with Crippen LogP contribution >= 0.6 is 11.6 Å². The molecule has 138 valence electrons. The summed E-state index contributed by atoms with van der Waals surface area (Å²) in [5.74, 6) is -0.201. The number of benzene rings is 1. The Labute approximate surface area is 159 Å². The average molecular weight is 373 g/mol. The summed E-state index contributed by atoms with van der Waals surface area (Å²) in [5, 5.41) is 15.1. The smallest absolute Gasteiger partial charge is 0.303 e. The van der Waals surface area contributed by atoms with E-state index in [2.05, 4.69) is 4.68 Å². The first kappa shape index (κ1) is 17.6. The van der Waals surface area contributed by atoms with Crippen LogP contribution in [0.1, 0.15) is 67.8 Å². The Bertz CT molecular complexity index is 797. The summed E-state index contributed by atoms with van der Waals surface area (Å²) in [4.78, 5) is 11.4. The number of halogens is 1. The van der Waals surface area contributed by atoms with Gasteiger partial charge < -0.3 is 5.11 Å². The van der Waals surface area contributed by atoms with Gasteiger partial charge in [-0.1, -0.05) is 24.4 Å². The minimum atomic E-state index is -0.687. The van der Waals surface area contributed by atoms with Crippen LogP contribution in [0.5, 0.6) is 0 Å². The summed E-state index contributed by atoms with van der Waals surface area (Å²) in [5.41, 5.74) is 4.89. The quantitative estimate of drug-likeness (QED) is 0.807. The third-order valence-electron chi connectivity index (χ3n) is 5.97. The summed E-state index contributed by atoms with van der Waals surface area (Å²) in [6, 6.07) is 7.83. The number of aliphatic carboxylic acids is 1. The zero-order valence-electron chi connectivity index (χ0n) is 15.0. The monoisotopic (exact) mass is 372 g/mol. The van der Waals surface area contributed by atoms with Crippen LogP contribution in [0.2, 0.25) is 5.02 Å². The van der Waals surface area contributed by atoms with Gasteiger partial charge in [-0.25, -0.2) is 4.68 Å². The van der Waals surface area contributed by atoms with Crippen LogP contribution in [0.25, 0.3) is 5.69 Å². The van der Waals surface area contributed by atoms with Gasteiger partial charge in [-0.3, -0.25) is 4.79 Å². The third kappa shape index (κ3) is 3.39. The van der Waals surface area contributed by atoms with Crippen LogP contribution < -0.4 is 0 Å². The predicted molar refractivity (Wildman–Crippen MR) is 102 cm³/mol. The van der Waals surface area contributed by atoms with Gasteiger partial charge >= 0.3 is 5.97 Å². The molecule has 1 aromatic heterocycles. The lowest BCUT2D eigenvalue weighted by Crippen LogP contribution is -2.24. The molecule has 1 fully saturated rings. The lowest BCUT2D eigenvalue weighted by Gasteiger charge is -2.32. The van der Waals surface area contributed by atoms with Crippen LogP contribution in [0.4, 0.5) is 0 Å². The third-order valence-corrected chi connectivity index (χ3v) is 6.22. The minimum absolute atomic E-state index is 0.204. The number of aromatic nitrogens is 2. The van der Waals surface area contributed by atoms with E-state index >= 15 is 0 Å². The molecule has 0 bridgehead atoms. The molecule has 4 nitrogen and oxygen atoms in total. The second-order valence-electron chi connectivity index (χ2n) is 7.65. The van der Waals surface area contributed by atoms with Gasteiger partial charge in [0.2, 0.25) is 0 Å². The van der Waals surface area contributed by atoms with Gasteiger partial charge in [0, 0.05) is 17.4 Å². The number of fused-ring (bicyclic) bond motifs is 1. The van der Waals surface area contributed by atoms with E-state index in [1.54, 1.807) is 0 Å². The first-order chi connectivity index (χ1) is 12.6. The van der Waals surface area contributed by atoms with Crippen molar-refractivity contribution >= 4 is 17.6 Å². The molecule has 1 N–H and O–H groups in total. The highest BCUT2D eigenvalue weighted by Gasteiger charge is 2.34. The summed E-state index contributed by atoms with van der Waals surface area (Å²) in [7, 11) is 0. The first-order valence-corrected chi connectivity index (χ1v) is 10.1. The van der Waals surface area contributed by atoms with Gasteiger partial charge in [-0.2, -0.15) is 5.10 Å². The highest BCUT2D eigenvalue weighted by Crippen LogP contribution is 2.43. The second kappa shape index (κ2) is 7.43. The average Bonchev–Trinajstić information content (AvgIpc) is 3.02. The van der Waals surface area contributed by atoms with E-state index in [0.717, 1.165) is 37.8 Å². The molecule has 0 amide bonds. The Kier molecular flexibility index (Phi) is 5.03. The number of carboxylic acids is 1. The molecule has 0 aliphatic heterocycles. The van der Waals surface area contributed by atoms with Crippen molar-refractivity contribution in [2.45, 2.75) is 63.7 Å². The molecule has 5 heteroatoms.